The molecule has 1 aliphatic carbocycles. The zero-order valence-electron chi connectivity index (χ0n) is 8.48. The van der Waals surface area contributed by atoms with Crippen LogP contribution in [-0.4, -0.2) is 16.9 Å². The van der Waals surface area contributed by atoms with Gasteiger partial charge in [0, 0.05) is 17.8 Å². The third-order valence-electron chi connectivity index (χ3n) is 2.60. The average molecular weight is 225 g/mol. The summed E-state index contributed by atoms with van der Waals surface area (Å²) >= 11 is 1.53. The van der Waals surface area contributed by atoms with Gasteiger partial charge in [0.05, 0.1) is 17.7 Å². The molecule has 1 saturated carbocycles. The summed E-state index contributed by atoms with van der Waals surface area (Å²) in [4.78, 5) is 15.6. The lowest BCUT2D eigenvalue weighted by Gasteiger charge is -2.09. The molecule has 1 atom stereocenters. The molecule has 2 rings (SSSR count). The first-order valence-corrected chi connectivity index (χ1v) is 6.09. The van der Waals surface area contributed by atoms with Crippen LogP contribution in [-0.2, 0) is 11.3 Å². The Morgan fingerprint density at radius 2 is 2.53 bits per heavy atom. The van der Waals surface area contributed by atoms with E-state index in [0.717, 1.165) is 5.69 Å². The van der Waals surface area contributed by atoms with E-state index in [1.54, 1.807) is 5.51 Å². The standard InChI is InChI=1S/C10H15N3OS/c11-9(7-1-2-7)3-10(14)12-4-8-5-15-6-13-8/h5-7,9H,1-4,11H2,(H,12,14). The topological polar surface area (TPSA) is 68.0 Å². The van der Waals surface area contributed by atoms with Gasteiger partial charge in [-0.3, -0.25) is 4.79 Å². The van der Waals surface area contributed by atoms with Crippen LogP contribution in [0.1, 0.15) is 25.0 Å². The van der Waals surface area contributed by atoms with Crippen LogP contribution in [0.2, 0.25) is 0 Å². The van der Waals surface area contributed by atoms with Crippen molar-refractivity contribution in [2.24, 2.45) is 11.7 Å². The summed E-state index contributed by atoms with van der Waals surface area (Å²) in [7, 11) is 0. The maximum absolute atomic E-state index is 11.5. The molecule has 1 fully saturated rings. The number of hydrogen-bond donors (Lipinski definition) is 2. The van der Waals surface area contributed by atoms with Crippen LogP contribution in [0, 0.1) is 5.92 Å². The number of nitrogens with zero attached hydrogens (tertiary/aromatic N) is 1. The molecule has 1 unspecified atom stereocenters. The van der Waals surface area contributed by atoms with Gasteiger partial charge in [0.2, 0.25) is 5.91 Å². The molecule has 0 bridgehead atoms. The lowest BCUT2D eigenvalue weighted by atomic mass is 10.1. The number of nitrogens with one attached hydrogen (secondary N) is 1. The predicted molar refractivity (Wildman–Crippen MR) is 59.3 cm³/mol. The summed E-state index contributed by atoms with van der Waals surface area (Å²) < 4.78 is 0. The van der Waals surface area contributed by atoms with E-state index in [1.165, 1.54) is 24.2 Å². The van der Waals surface area contributed by atoms with Gasteiger partial charge in [0.1, 0.15) is 0 Å². The van der Waals surface area contributed by atoms with Crippen LogP contribution in [0.15, 0.2) is 10.9 Å². The number of rotatable bonds is 5. The highest BCUT2D eigenvalue weighted by Gasteiger charge is 2.29. The minimum atomic E-state index is 0.0300. The molecule has 1 amide bonds. The fourth-order valence-electron chi connectivity index (χ4n) is 1.49. The van der Waals surface area contributed by atoms with Gasteiger partial charge in [-0.2, -0.15) is 0 Å². The Hall–Kier alpha value is -0.940. The maximum atomic E-state index is 11.5. The molecule has 1 aromatic rings. The number of carbonyl (C=O) groups is 1. The van der Waals surface area contributed by atoms with E-state index in [4.69, 9.17) is 5.73 Å². The molecule has 82 valence electrons. The van der Waals surface area contributed by atoms with Crippen molar-refractivity contribution < 1.29 is 4.79 Å². The Bertz CT molecular complexity index is 321. The Morgan fingerprint density at radius 1 is 1.73 bits per heavy atom. The Morgan fingerprint density at radius 3 is 3.13 bits per heavy atom. The summed E-state index contributed by atoms with van der Waals surface area (Å²) in [6, 6.07) is 0.0421. The van der Waals surface area contributed by atoms with Crippen molar-refractivity contribution in [2.75, 3.05) is 0 Å². The van der Waals surface area contributed by atoms with Gasteiger partial charge in [-0.15, -0.1) is 11.3 Å². The van der Waals surface area contributed by atoms with Gasteiger partial charge in [0.25, 0.3) is 0 Å². The van der Waals surface area contributed by atoms with Crippen LogP contribution < -0.4 is 11.1 Å². The second-order valence-electron chi connectivity index (χ2n) is 3.96. The quantitative estimate of drug-likeness (QED) is 0.782. The van der Waals surface area contributed by atoms with Crippen LogP contribution in [0.5, 0.6) is 0 Å². The van der Waals surface area contributed by atoms with E-state index in [1.807, 2.05) is 5.38 Å². The van der Waals surface area contributed by atoms with Crippen LogP contribution in [0.25, 0.3) is 0 Å². The first-order chi connectivity index (χ1) is 7.25. The molecule has 0 spiro atoms. The van der Waals surface area contributed by atoms with E-state index in [2.05, 4.69) is 10.3 Å². The fraction of sp³-hybridized carbons (Fsp3) is 0.600. The van der Waals surface area contributed by atoms with Crippen molar-refractivity contribution >= 4 is 17.2 Å². The molecule has 0 aromatic carbocycles. The van der Waals surface area contributed by atoms with Crippen molar-refractivity contribution in [2.45, 2.75) is 31.8 Å². The summed E-state index contributed by atoms with van der Waals surface area (Å²) in [5.74, 6) is 0.609. The predicted octanol–water partition coefficient (Wildman–Crippen LogP) is 0.887. The van der Waals surface area contributed by atoms with Crippen LogP contribution >= 0.6 is 11.3 Å². The SMILES string of the molecule is NC(CC(=O)NCc1cscn1)C1CC1. The second kappa shape index (κ2) is 4.72. The van der Waals surface area contributed by atoms with Gasteiger partial charge in [-0.25, -0.2) is 4.98 Å². The number of amides is 1. The van der Waals surface area contributed by atoms with E-state index >= 15 is 0 Å². The summed E-state index contributed by atoms with van der Waals surface area (Å²) in [6.45, 7) is 0.514. The molecule has 15 heavy (non-hydrogen) atoms. The number of hydrogen-bond acceptors (Lipinski definition) is 4. The molecule has 4 nitrogen and oxygen atoms in total. The van der Waals surface area contributed by atoms with Gasteiger partial charge in [0.15, 0.2) is 0 Å². The molecular formula is C10H15N3OS. The number of thiazole rings is 1. The van der Waals surface area contributed by atoms with Crippen molar-refractivity contribution in [3.8, 4) is 0 Å². The Balaban J connectivity index is 1.68. The molecule has 3 N–H and O–H groups in total. The van der Waals surface area contributed by atoms with Gasteiger partial charge >= 0.3 is 0 Å². The average Bonchev–Trinajstić information content (AvgIpc) is 2.93. The Kier molecular flexibility index (Phi) is 3.33. The zero-order chi connectivity index (χ0) is 10.7. The Labute approximate surface area is 92.9 Å². The third-order valence-corrected chi connectivity index (χ3v) is 3.23. The van der Waals surface area contributed by atoms with Crippen molar-refractivity contribution in [3.63, 3.8) is 0 Å². The summed E-state index contributed by atoms with van der Waals surface area (Å²) in [5, 5.41) is 4.76. The highest BCUT2D eigenvalue weighted by molar-refractivity contribution is 7.07. The lowest BCUT2D eigenvalue weighted by Crippen LogP contribution is -2.32. The number of nitrogens with two attached hydrogens (primary N) is 1. The smallest absolute Gasteiger partial charge is 0.221 e. The molecule has 5 heteroatoms. The monoisotopic (exact) mass is 225 g/mol. The maximum Gasteiger partial charge on any atom is 0.221 e. The van der Waals surface area contributed by atoms with E-state index in [0.29, 0.717) is 18.9 Å². The lowest BCUT2D eigenvalue weighted by molar-refractivity contribution is -0.121. The van der Waals surface area contributed by atoms with E-state index in [9.17, 15) is 4.79 Å². The van der Waals surface area contributed by atoms with Crippen LogP contribution in [0.3, 0.4) is 0 Å². The van der Waals surface area contributed by atoms with E-state index < -0.39 is 0 Å². The number of aromatic nitrogens is 1. The van der Waals surface area contributed by atoms with Crippen molar-refractivity contribution in [1.82, 2.24) is 10.3 Å². The third kappa shape index (κ3) is 3.28. The van der Waals surface area contributed by atoms with Crippen LogP contribution in [0.4, 0.5) is 0 Å². The van der Waals surface area contributed by atoms with E-state index in [-0.39, 0.29) is 11.9 Å². The molecule has 0 radical (unpaired) electrons. The molecule has 1 aromatic heterocycles. The molecular weight excluding hydrogens is 210 g/mol. The van der Waals surface area contributed by atoms with Gasteiger partial charge in [-0.1, -0.05) is 0 Å². The van der Waals surface area contributed by atoms with Crippen molar-refractivity contribution in [3.05, 3.63) is 16.6 Å². The molecule has 0 saturated heterocycles. The zero-order valence-corrected chi connectivity index (χ0v) is 9.30. The molecule has 0 aliphatic heterocycles. The minimum Gasteiger partial charge on any atom is -0.350 e. The molecule has 1 heterocycles. The number of carbonyl (C=O) groups excluding carboxylic acids is 1. The highest BCUT2D eigenvalue weighted by Crippen LogP contribution is 2.32. The first kappa shape index (κ1) is 10.6. The summed E-state index contributed by atoms with van der Waals surface area (Å²) in [5.41, 5.74) is 8.53. The van der Waals surface area contributed by atoms with Gasteiger partial charge < -0.3 is 11.1 Å². The van der Waals surface area contributed by atoms with Crippen molar-refractivity contribution in [1.29, 1.82) is 0 Å². The first-order valence-electron chi connectivity index (χ1n) is 5.15. The fourth-order valence-corrected chi connectivity index (χ4v) is 2.05. The normalized spacial score (nSPS) is 17.4. The molecule has 1 aliphatic rings. The largest absolute Gasteiger partial charge is 0.350 e. The second-order valence-corrected chi connectivity index (χ2v) is 4.68. The van der Waals surface area contributed by atoms with Gasteiger partial charge in [-0.05, 0) is 18.8 Å². The summed E-state index contributed by atoms with van der Waals surface area (Å²) in [6.07, 6.45) is 2.80. The highest BCUT2D eigenvalue weighted by atomic mass is 32.1. The minimum absolute atomic E-state index is 0.0300.